The second-order valence-corrected chi connectivity index (χ2v) is 6.21. The Morgan fingerprint density at radius 1 is 1.12 bits per heavy atom. The largest absolute Gasteiger partial charge is 0.326 e. The molecule has 0 spiro atoms. The van der Waals surface area contributed by atoms with E-state index in [9.17, 15) is 9.18 Å². The minimum absolute atomic E-state index is 0.0920. The molecule has 0 aliphatic carbocycles. The third-order valence-corrected chi connectivity index (χ3v) is 4.39. The highest BCUT2D eigenvalue weighted by Crippen LogP contribution is 2.22. The lowest BCUT2D eigenvalue weighted by Crippen LogP contribution is -2.12. The van der Waals surface area contributed by atoms with Crippen LogP contribution in [-0.4, -0.2) is 21.4 Å². The van der Waals surface area contributed by atoms with Crippen molar-refractivity contribution in [1.82, 2.24) is 9.78 Å². The van der Waals surface area contributed by atoms with E-state index in [0.29, 0.717) is 17.1 Å². The lowest BCUT2D eigenvalue weighted by atomic mass is 10.2. The minimum atomic E-state index is -0.253. The van der Waals surface area contributed by atoms with Crippen LogP contribution in [0, 0.1) is 5.82 Å². The number of halogens is 1. The maximum absolute atomic E-state index is 13.5. The Morgan fingerprint density at radius 2 is 1.92 bits per heavy atom. The molecule has 0 fully saturated rings. The Kier molecular flexibility index (Phi) is 5.28. The highest BCUT2D eigenvalue weighted by molar-refractivity contribution is 7.99. The van der Waals surface area contributed by atoms with Crippen LogP contribution < -0.4 is 5.32 Å². The molecule has 6 heteroatoms. The van der Waals surface area contributed by atoms with Crippen molar-refractivity contribution in [3.8, 4) is 5.69 Å². The van der Waals surface area contributed by atoms with Gasteiger partial charge >= 0.3 is 0 Å². The highest BCUT2D eigenvalue weighted by Gasteiger charge is 2.06. The van der Waals surface area contributed by atoms with Gasteiger partial charge in [0.2, 0.25) is 5.91 Å². The summed E-state index contributed by atoms with van der Waals surface area (Å²) in [5, 5.41) is 6.99. The van der Waals surface area contributed by atoms with Gasteiger partial charge in [-0.1, -0.05) is 12.1 Å². The lowest BCUT2D eigenvalue weighted by Gasteiger charge is -2.07. The number of aromatic nitrogens is 2. The first-order valence-electron chi connectivity index (χ1n) is 7.49. The summed E-state index contributed by atoms with van der Waals surface area (Å²) >= 11 is 1.34. The molecule has 122 valence electrons. The predicted molar refractivity (Wildman–Crippen MR) is 93.9 cm³/mol. The summed E-state index contributed by atoms with van der Waals surface area (Å²) < 4.78 is 15.2. The zero-order valence-electron chi connectivity index (χ0n) is 12.9. The maximum Gasteiger partial charge on any atom is 0.225 e. The number of carbonyl (C=O) groups excluding carboxylic acids is 1. The van der Waals surface area contributed by atoms with Crippen molar-refractivity contribution >= 4 is 23.4 Å². The van der Waals surface area contributed by atoms with Crippen molar-refractivity contribution in [2.24, 2.45) is 0 Å². The van der Waals surface area contributed by atoms with Gasteiger partial charge in [-0.3, -0.25) is 4.79 Å². The molecule has 3 aromatic rings. The molecule has 0 saturated heterocycles. The Bertz CT molecular complexity index is 803. The highest BCUT2D eigenvalue weighted by atomic mass is 32.2. The predicted octanol–water partition coefficient (Wildman–Crippen LogP) is 4.13. The van der Waals surface area contributed by atoms with Crippen molar-refractivity contribution in [3.05, 3.63) is 72.8 Å². The van der Waals surface area contributed by atoms with Crippen molar-refractivity contribution in [1.29, 1.82) is 0 Å². The molecule has 4 nitrogen and oxygen atoms in total. The molecule has 0 unspecified atom stereocenters. The fraction of sp³-hybridized carbons (Fsp3) is 0.111. The van der Waals surface area contributed by atoms with Crippen LogP contribution in [0.15, 0.2) is 71.9 Å². The Labute approximate surface area is 143 Å². The van der Waals surface area contributed by atoms with Gasteiger partial charge in [0.25, 0.3) is 0 Å². The number of carbonyl (C=O) groups is 1. The number of nitrogens with zero attached hydrogens (tertiary/aromatic N) is 2. The van der Waals surface area contributed by atoms with Gasteiger partial charge in [-0.2, -0.15) is 5.10 Å². The number of nitrogens with one attached hydrogen (secondary N) is 1. The molecule has 0 bridgehead atoms. The summed E-state index contributed by atoms with van der Waals surface area (Å²) in [4.78, 5) is 12.5. The molecule has 0 saturated carbocycles. The van der Waals surface area contributed by atoms with Gasteiger partial charge in [0, 0.05) is 35.2 Å². The van der Waals surface area contributed by atoms with E-state index in [2.05, 4.69) is 10.4 Å². The summed E-state index contributed by atoms with van der Waals surface area (Å²) in [6.45, 7) is 0. The number of rotatable bonds is 6. The molecule has 1 amide bonds. The Balaban J connectivity index is 1.49. The molecule has 1 aromatic heterocycles. The zero-order valence-corrected chi connectivity index (χ0v) is 13.7. The molecule has 3 rings (SSSR count). The third kappa shape index (κ3) is 4.23. The molecule has 0 aliphatic heterocycles. The Morgan fingerprint density at radius 3 is 2.62 bits per heavy atom. The number of anilines is 1. The second-order valence-electron chi connectivity index (χ2n) is 5.07. The summed E-state index contributed by atoms with van der Waals surface area (Å²) in [6, 6.07) is 15.9. The van der Waals surface area contributed by atoms with Crippen LogP contribution in [0.3, 0.4) is 0 Å². The SMILES string of the molecule is O=C(CCSc1ccccc1F)Nc1ccc(-n2cccn2)cc1. The first kappa shape index (κ1) is 16.3. The van der Waals surface area contributed by atoms with E-state index in [1.807, 2.05) is 36.5 Å². The Hall–Kier alpha value is -2.60. The molecule has 0 aliphatic rings. The van der Waals surface area contributed by atoms with Crippen molar-refractivity contribution in [2.75, 3.05) is 11.1 Å². The van der Waals surface area contributed by atoms with Crippen LogP contribution in [-0.2, 0) is 4.79 Å². The van der Waals surface area contributed by atoms with Crippen LogP contribution in [0.2, 0.25) is 0 Å². The van der Waals surface area contributed by atoms with Gasteiger partial charge in [-0.15, -0.1) is 11.8 Å². The van der Waals surface area contributed by atoms with E-state index in [4.69, 9.17) is 0 Å². The standard InChI is InChI=1S/C18H16FN3OS/c19-16-4-1-2-5-17(16)24-13-10-18(23)21-14-6-8-15(9-7-14)22-12-3-11-20-22/h1-9,11-12H,10,13H2,(H,21,23). The summed E-state index contributed by atoms with van der Waals surface area (Å²) in [5.74, 6) is 0.181. The maximum atomic E-state index is 13.5. The van der Waals surface area contributed by atoms with Crippen molar-refractivity contribution < 1.29 is 9.18 Å². The molecular weight excluding hydrogens is 325 g/mol. The molecule has 0 atom stereocenters. The molecule has 2 aromatic carbocycles. The summed E-state index contributed by atoms with van der Waals surface area (Å²) in [5.41, 5.74) is 1.65. The fourth-order valence-corrected chi connectivity index (χ4v) is 3.05. The van der Waals surface area contributed by atoms with E-state index >= 15 is 0 Å². The van der Waals surface area contributed by atoms with Crippen LogP contribution in [0.4, 0.5) is 10.1 Å². The first-order chi connectivity index (χ1) is 11.7. The number of benzene rings is 2. The smallest absolute Gasteiger partial charge is 0.225 e. The van der Waals surface area contributed by atoms with Gasteiger partial charge in [0.15, 0.2) is 0 Å². The van der Waals surface area contributed by atoms with Gasteiger partial charge in [-0.05, 0) is 42.5 Å². The number of amides is 1. The number of hydrogen-bond acceptors (Lipinski definition) is 3. The lowest BCUT2D eigenvalue weighted by molar-refractivity contribution is -0.115. The number of thioether (sulfide) groups is 1. The second kappa shape index (κ2) is 7.79. The van der Waals surface area contributed by atoms with E-state index in [-0.39, 0.29) is 11.7 Å². The first-order valence-corrected chi connectivity index (χ1v) is 8.48. The summed E-state index contributed by atoms with van der Waals surface area (Å²) in [7, 11) is 0. The molecule has 1 heterocycles. The zero-order chi connectivity index (χ0) is 16.8. The molecule has 0 radical (unpaired) electrons. The van der Waals surface area contributed by atoms with Gasteiger partial charge in [0.1, 0.15) is 5.82 Å². The average Bonchev–Trinajstić information content (AvgIpc) is 3.12. The van der Waals surface area contributed by atoms with Gasteiger partial charge in [-0.25, -0.2) is 9.07 Å². The van der Waals surface area contributed by atoms with Crippen LogP contribution in [0.5, 0.6) is 0 Å². The summed E-state index contributed by atoms with van der Waals surface area (Å²) in [6.07, 6.45) is 3.89. The third-order valence-electron chi connectivity index (χ3n) is 3.34. The van der Waals surface area contributed by atoms with Crippen LogP contribution in [0.25, 0.3) is 5.69 Å². The topological polar surface area (TPSA) is 46.9 Å². The molecular formula is C18H16FN3OS. The monoisotopic (exact) mass is 341 g/mol. The van der Waals surface area contributed by atoms with E-state index < -0.39 is 0 Å². The minimum Gasteiger partial charge on any atom is -0.326 e. The van der Waals surface area contributed by atoms with Gasteiger partial charge < -0.3 is 5.32 Å². The fourth-order valence-electron chi connectivity index (χ4n) is 2.16. The van der Waals surface area contributed by atoms with Crippen molar-refractivity contribution in [2.45, 2.75) is 11.3 Å². The quantitative estimate of drug-likeness (QED) is 0.686. The van der Waals surface area contributed by atoms with Crippen LogP contribution in [0.1, 0.15) is 6.42 Å². The number of hydrogen-bond donors (Lipinski definition) is 1. The van der Waals surface area contributed by atoms with Crippen LogP contribution >= 0.6 is 11.8 Å². The average molecular weight is 341 g/mol. The van der Waals surface area contributed by atoms with E-state index in [0.717, 1.165) is 11.4 Å². The normalized spacial score (nSPS) is 10.5. The molecule has 24 heavy (non-hydrogen) atoms. The molecule has 1 N–H and O–H groups in total. The van der Waals surface area contributed by atoms with Gasteiger partial charge in [0.05, 0.1) is 5.69 Å². The van der Waals surface area contributed by atoms with E-state index in [1.165, 1.54) is 17.8 Å². The van der Waals surface area contributed by atoms with Crippen molar-refractivity contribution in [3.63, 3.8) is 0 Å². The van der Waals surface area contributed by atoms with E-state index in [1.54, 1.807) is 29.1 Å².